The maximum atomic E-state index is 9.99. The Bertz CT molecular complexity index is 214. The zero-order valence-electron chi connectivity index (χ0n) is 6.95. The smallest absolute Gasteiger partial charge is 0.320 e. The second-order valence-electron chi connectivity index (χ2n) is 2.09. The number of hydrogen-bond donors (Lipinski definition) is 4. The highest BCUT2D eigenvalue weighted by Crippen LogP contribution is 1.93. The predicted molar refractivity (Wildman–Crippen MR) is 44.0 cm³/mol. The minimum atomic E-state index is -2.86. The first kappa shape index (κ1) is 15.4. The van der Waals surface area contributed by atoms with Gasteiger partial charge in [0.2, 0.25) is 0 Å². The third-order valence-corrected chi connectivity index (χ3v) is 0.986. The summed E-state index contributed by atoms with van der Waals surface area (Å²) in [7, 11) is 0. The molecule has 8 nitrogen and oxygen atoms in total. The molecule has 0 saturated carbocycles. The molecule has 2 unspecified atom stereocenters. The van der Waals surface area contributed by atoms with Gasteiger partial charge in [-0.1, -0.05) is 0 Å². The summed E-state index contributed by atoms with van der Waals surface area (Å²) in [5.74, 6) is -2.20. The maximum Gasteiger partial charge on any atom is 0.320 e. The van der Waals surface area contributed by atoms with Crippen molar-refractivity contribution in [3.05, 3.63) is 0 Å². The molecule has 0 heterocycles. The van der Waals surface area contributed by atoms with Crippen molar-refractivity contribution in [3.8, 4) is 0 Å². The first-order valence-electron chi connectivity index (χ1n) is 3.26. The van der Waals surface area contributed by atoms with Crippen LogP contribution in [0.15, 0.2) is 0 Å². The van der Waals surface area contributed by atoms with Crippen LogP contribution in [-0.4, -0.2) is 41.5 Å². The molecule has 9 heteroatoms. The van der Waals surface area contributed by atoms with Crippen LogP contribution in [0.4, 0.5) is 0 Å². The highest BCUT2D eigenvalue weighted by molar-refractivity contribution is 7.73. The average molecular weight is 228 g/mol. The van der Waals surface area contributed by atoms with Crippen LogP contribution in [0.1, 0.15) is 12.8 Å². The van der Waals surface area contributed by atoms with E-state index in [0.29, 0.717) is 0 Å². The van der Waals surface area contributed by atoms with Crippen molar-refractivity contribution in [3.63, 3.8) is 0 Å². The van der Waals surface area contributed by atoms with Gasteiger partial charge in [-0.05, 0) is 6.42 Å². The minimum Gasteiger partial charge on any atom is -0.750 e. The van der Waals surface area contributed by atoms with Crippen LogP contribution in [0.3, 0.4) is 0 Å². The molecule has 5 N–H and O–H groups in total. The molecule has 0 aliphatic carbocycles. The van der Waals surface area contributed by atoms with Gasteiger partial charge in [-0.25, -0.2) is 4.21 Å². The highest BCUT2D eigenvalue weighted by Gasteiger charge is 2.12. The fourth-order valence-electron chi connectivity index (χ4n) is 0.402. The minimum absolute atomic E-state index is 0.0231. The van der Waals surface area contributed by atoms with E-state index < -0.39 is 29.3 Å². The van der Waals surface area contributed by atoms with E-state index in [-0.39, 0.29) is 12.8 Å². The Kier molecular flexibility index (Phi) is 9.45. The van der Waals surface area contributed by atoms with Crippen LogP contribution in [0.2, 0.25) is 0 Å². The monoisotopic (exact) mass is 228 g/mol. The van der Waals surface area contributed by atoms with Crippen LogP contribution in [0, 0.1) is 0 Å². The number of aliphatic carboxylic acids is 2. The van der Waals surface area contributed by atoms with Gasteiger partial charge in [0.1, 0.15) is 6.04 Å². The summed E-state index contributed by atoms with van der Waals surface area (Å²) in [5.41, 5.74) is 5.00. The van der Waals surface area contributed by atoms with Crippen molar-refractivity contribution < 1.29 is 33.1 Å². The maximum absolute atomic E-state index is 9.99. The molecule has 0 amide bonds. The van der Waals surface area contributed by atoms with E-state index >= 15 is 0 Å². The Morgan fingerprint density at radius 3 is 2.00 bits per heavy atom. The number of nitrogens with two attached hydrogens (primary N) is 1. The Morgan fingerprint density at radius 1 is 1.43 bits per heavy atom. The lowest BCUT2D eigenvalue weighted by Gasteiger charge is -2.01. The lowest BCUT2D eigenvalue weighted by Crippen LogP contribution is -2.30. The van der Waals surface area contributed by atoms with Crippen LogP contribution in [0.5, 0.6) is 0 Å². The Morgan fingerprint density at radius 2 is 1.79 bits per heavy atom. The molecular weight excluding hydrogens is 218 g/mol. The molecular formula is C5H10NO7S-. The number of carboxylic acids is 2. The van der Waals surface area contributed by atoms with E-state index in [0.717, 1.165) is 0 Å². The molecule has 0 radical (unpaired) electrons. The highest BCUT2D eigenvalue weighted by atomic mass is 32.2. The first-order valence-corrected chi connectivity index (χ1v) is 4.29. The lowest BCUT2D eigenvalue weighted by atomic mass is 10.2. The van der Waals surface area contributed by atoms with Crippen molar-refractivity contribution in [2.24, 2.45) is 5.73 Å². The number of hydrogen-bond acceptors (Lipinski definition) is 5. The molecule has 0 aromatic carbocycles. The van der Waals surface area contributed by atoms with Gasteiger partial charge in [-0.2, -0.15) is 0 Å². The fourth-order valence-corrected chi connectivity index (χ4v) is 0.402. The Labute approximate surface area is 81.8 Å². The second kappa shape index (κ2) is 8.56. The van der Waals surface area contributed by atoms with E-state index in [1.807, 2.05) is 0 Å². The Balaban J connectivity index is 0. The Hall–Kier alpha value is -1.03. The molecule has 0 aliphatic heterocycles. The van der Waals surface area contributed by atoms with E-state index in [9.17, 15) is 9.59 Å². The summed E-state index contributed by atoms with van der Waals surface area (Å²) in [5, 5.41) is 16.3. The molecule has 0 saturated heterocycles. The summed E-state index contributed by atoms with van der Waals surface area (Å²) >= 11 is -2.86. The van der Waals surface area contributed by atoms with Crippen LogP contribution in [-0.2, 0) is 21.0 Å². The largest absolute Gasteiger partial charge is 0.750 e. The van der Waals surface area contributed by atoms with Gasteiger partial charge in [0, 0.05) is 6.42 Å². The van der Waals surface area contributed by atoms with Crippen molar-refractivity contribution >= 4 is 23.3 Å². The lowest BCUT2D eigenvalue weighted by molar-refractivity contribution is -0.139. The third-order valence-electron chi connectivity index (χ3n) is 0.986. The summed E-state index contributed by atoms with van der Waals surface area (Å²) in [6.07, 6.45) is -0.224. The topological polar surface area (TPSA) is 161 Å². The van der Waals surface area contributed by atoms with Crippen LogP contribution >= 0.6 is 0 Å². The fraction of sp³-hybridized carbons (Fsp3) is 0.600. The van der Waals surface area contributed by atoms with Gasteiger partial charge in [-0.15, -0.1) is 0 Å². The molecule has 14 heavy (non-hydrogen) atoms. The summed E-state index contributed by atoms with van der Waals surface area (Å²) < 4.78 is 24.1. The molecule has 0 aromatic rings. The van der Waals surface area contributed by atoms with Gasteiger partial charge >= 0.3 is 11.9 Å². The molecule has 84 valence electrons. The number of carbonyl (C=O) groups is 2. The summed E-state index contributed by atoms with van der Waals surface area (Å²) in [6, 6.07) is -1.06. The van der Waals surface area contributed by atoms with Crippen molar-refractivity contribution in [2.75, 3.05) is 0 Å². The second-order valence-corrected chi connectivity index (χ2v) is 2.53. The molecule has 0 aromatic heterocycles. The third kappa shape index (κ3) is 17.2. The van der Waals surface area contributed by atoms with Crippen LogP contribution < -0.4 is 5.73 Å². The van der Waals surface area contributed by atoms with Crippen molar-refractivity contribution in [1.82, 2.24) is 0 Å². The molecule has 2 atom stereocenters. The quantitative estimate of drug-likeness (QED) is 0.427. The standard InChI is InChI=1S/C5H9NO4.H2O3S/c6-3(5(9)10)1-2-4(7)8;1-4(2)3/h3H,1-2,6H2,(H,7,8)(H,9,10);(H2,1,2,3)/p-1. The number of rotatable bonds is 4. The van der Waals surface area contributed by atoms with Gasteiger partial charge in [0.25, 0.3) is 0 Å². The van der Waals surface area contributed by atoms with Crippen molar-refractivity contribution in [2.45, 2.75) is 18.9 Å². The van der Waals surface area contributed by atoms with Crippen LogP contribution in [0.25, 0.3) is 0 Å². The number of carboxylic acid groups (broad SMARTS) is 2. The summed E-state index contributed by atoms with van der Waals surface area (Å²) in [4.78, 5) is 19.9. The molecule has 0 rings (SSSR count). The van der Waals surface area contributed by atoms with E-state index in [2.05, 4.69) is 0 Å². The van der Waals surface area contributed by atoms with Gasteiger partial charge in [0.15, 0.2) is 0 Å². The van der Waals surface area contributed by atoms with Gasteiger partial charge in [0.05, 0.1) is 11.4 Å². The van der Waals surface area contributed by atoms with Crippen molar-refractivity contribution in [1.29, 1.82) is 0 Å². The SMILES string of the molecule is NC(CCC(=O)O)C(=O)O.O=S([O-])O. The van der Waals surface area contributed by atoms with Gasteiger partial charge in [-0.3, -0.25) is 9.59 Å². The molecule has 0 spiro atoms. The van der Waals surface area contributed by atoms with Gasteiger partial charge < -0.3 is 25.1 Å². The molecule has 0 bridgehead atoms. The molecule has 0 aliphatic rings. The zero-order valence-corrected chi connectivity index (χ0v) is 7.77. The summed E-state index contributed by atoms with van der Waals surface area (Å²) in [6.45, 7) is 0. The first-order chi connectivity index (χ1) is 6.27. The molecule has 0 fully saturated rings. The zero-order chi connectivity index (χ0) is 11.7. The van der Waals surface area contributed by atoms with E-state index in [1.165, 1.54) is 0 Å². The van der Waals surface area contributed by atoms with E-state index in [4.69, 9.17) is 29.3 Å². The van der Waals surface area contributed by atoms with E-state index in [1.54, 1.807) is 0 Å². The normalized spacial score (nSPS) is 13.4. The predicted octanol–water partition coefficient (Wildman–Crippen LogP) is -1.40. The average Bonchev–Trinajstić information content (AvgIpc) is 1.98.